The first-order valence-corrected chi connectivity index (χ1v) is 6.47. The summed E-state index contributed by atoms with van der Waals surface area (Å²) in [6.45, 7) is 4.47. The lowest BCUT2D eigenvalue weighted by Crippen LogP contribution is -2.08. The molecule has 0 spiro atoms. The number of para-hydroxylation sites is 1. The van der Waals surface area contributed by atoms with Crippen LogP contribution in [0, 0.1) is 0 Å². The molecule has 0 atom stereocenters. The number of hydrogen-bond donors (Lipinski definition) is 0. The lowest BCUT2D eigenvalue weighted by atomic mass is 9.98. The van der Waals surface area contributed by atoms with E-state index in [0.717, 1.165) is 12.0 Å². The van der Waals surface area contributed by atoms with Crippen LogP contribution in [-0.2, 0) is 6.42 Å². The maximum atomic E-state index is 12.6. The number of aromatic nitrogens is 1. The summed E-state index contributed by atoms with van der Waals surface area (Å²) < 4.78 is 5.52. The molecule has 0 fully saturated rings. The van der Waals surface area contributed by atoms with Crippen molar-refractivity contribution in [1.82, 2.24) is 4.98 Å². The number of hydrogen-bond acceptors (Lipinski definition) is 3. The van der Waals surface area contributed by atoms with Crippen molar-refractivity contribution in [2.45, 2.75) is 20.3 Å². The number of carbonyl (C=O) groups is 1. The quantitative estimate of drug-likeness (QED) is 0.770. The normalized spacial score (nSPS) is 10.2. The van der Waals surface area contributed by atoms with Crippen LogP contribution in [-0.4, -0.2) is 17.4 Å². The Hall–Kier alpha value is -2.16. The minimum atomic E-state index is -0.0108. The molecule has 0 saturated heterocycles. The smallest absolute Gasteiger partial charge is 0.197 e. The average molecular weight is 255 g/mol. The summed E-state index contributed by atoms with van der Waals surface area (Å²) in [6.07, 6.45) is 4.18. The number of ketones is 1. The van der Waals surface area contributed by atoms with E-state index in [4.69, 9.17) is 4.74 Å². The fraction of sp³-hybridized carbons (Fsp3) is 0.250. The van der Waals surface area contributed by atoms with Crippen molar-refractivity contribution in [2.24, 2.45) is 0 Å². The second-order valence-corrected chi connectivity index (χ2v) is 4.14. The van der Waals surface area contributed by atoms with E-state index < -0.39 is 0 Å². The van der Waals surface area contributed by atoms with Crippen LogP contribution in [0.3, 0.4) is 0 Å². The Kier molecular flexibility index (Phi) is 4.29. The van der Waals surface area contributed by atoms with E-state index in [9.17, 15) is 4.79 Å². The van der Waals surface area contributed by atoms with E-state index in [1.54, 1.807) is 24.5 Å². The molecular formula is C16H17NO2. The number of carbonyl (C=O) groups excluding carboxylic acids is 1. The number of ether oxygens (including phenoxy) is 1. The Labute approximate surface area is 113 Å². The second kappa shape index (κ2) is 6.14. The minimum Gasteiger partial charge on any atom is -0.493 e. The van der Waals surface area contributed by atoms with Gasteiger partial charge in [0.05, 0.1) is 12.2 Å². The van der Waals surface area contributed by atoms with Crippen LogP contribution in [0.4, 0.5) is 0 Å². The predicted molar refractivity (Wildman–Crippen MR) is 74.7 cm³/mol. The second-order valence-electron chi connectivity index (χ2n) is 4.14. The summed E-state index contributed by atoms with van der Waals surface area (Å²) in [5.74, 6) is 0.622. The third-order valence-electron chi connectivity index (χ3n) is 2.96. The van der Waals surface area contributed by atoms with Crippen LogP contribution in [0.2, 0.25) is 0 Å². The molecule has 0 bridgehead atoms. The van der Waals surface area contributed by atoms with Crippen LogP contribution in [0.15, 0.2) is 42.7 Å². The Morgan fingerprint density at radius 1 is 1.16 bits per heavy atom. The minimum absolute atomic E-state index is 0.0108. The van der Waals surface area contributed by atoms with E-state index in [-0.39, 0.29) is 5.78 Å². The number of benzene rings is 1. The van der Waals surface area contributed by atoms with Gasteiger partial charge in [-0.1, -0.05) is 19.1 Å². The van der Waals surface area contributed by atoms with Gasteiger partial charge in [0.2, 0.25) is 0 Å². The molecule has 3 nitrogen and oxygen atoms in total. The van der Waals surface area contributed by atoms with E-state index in [1.807, 2.05) is 32.0 Å². The molecule has 0 unspecified atom stereocenters. The lowest BCUT2D eigenvalue weighted by molar-refractivity contribution is 0.103. The largest absolute Gasteiger partial charge is 0.493 e. The average Bonchev–Trinajstić information content (AvgIpc) is 2.47. The van der Waals surface area contributed by atoms with Crippen LogP contribution < -0.4 is 4.74 Å². The van der Waals surface area contributed by atoms with Gasteiger partial charge in [-0.15, -0.1) is 0 Å². The van der Waals surface area contributed by atoms with Crippen molar-refractivity contribution in [3.8, 4) is 5.75 Å². The fourth-order valence-corrected chi connectivity index (χ4v) is 2.01. The fourth-order valence-electron chi connectivity index (χ4n) is 2.01. The van der Waals surface area contributed by atoms with Gasteiger partial charge in [0, 0.05) is 18.0 Å². The van der Waals surface area contributed by atoms with Gasteiger partial charge in [0.1, 0.15) is 5.75 Å². The summed E-state index contributed by atoms with van der Waals surface area (Å²) >= 11 is 0. The molecule has 0 N–H and O–H groups in total. The molecule has 0 amide bonds. The standard InChI is InChI=1S/C16H17NO2/c1-3-12-11-17-10-9-13(12)16(18)14-7-5-6-8-15(14)19-4-2/h5-11H,3-4H2,1-2H3. The highest BCUT2D eigenvalue weighted by Gasteiger charge is 2.16. The summed E-state index contributed by atoms with van der Waals surface area (Å²) in [6, 6.07) is 9.11. The van der Waals surface area contributed by atoms with Gasteiger partial charge in [-0.3, -0.25) is 9.78 Å². The lowest BCUT2D eigenvalue weighted by Gasteiger charge is -2.10. The Morgan fingerprint density at radius 3 is 2.68 bits per heavy atom. The van der Waals surface area contributed by atoms with Gasteiger partial charge >= 0.3 is 0 Å². The van der Waals surface area contributed by atoms with Crippen molar-refractivity contribution < 1.29 is 9.53 Å². The van der Waals surface area contributed by atoms with Gasteiger partial charge in [-0.05, 0) is 37.1 Å². The zero-order valence-corrected chi connectivity index (χ0v) is 11.2. The predicted octanol–water partition coefficient (Wildman–Crippen LogP) is 3.27. The van der Waals surface area contributed by atoms with Crippen molar-refractivity contribution in [2.75, 3.05) is 6.61 Å². The topological polar surface area (TPSA) is 39.2 Å². The molecule has 0 aliphatic rings. The molecule has 2 aromatic rings. The first-order chi connectivity index (χ1) is 9.27. The van der Waals surface area contributed by atoms with Crippen molar-refractivity contribution in [3.05, 3.63) is 59.4 Å². The summed E-state index contributed by atoms with van der Waals surface area (Å²) in [5, 5.41) is 0. The molecule has 98 valence electrons. The number of nitrogens with zero attached hydrogens (tertiary/aromatic N) is 1. The highest BCUT2D eigenvalue weighted by molar-refractivity contribution is 6.11. The van der Waals surface area contributed by atoms with Crippen LogP contribution in [0.25, 0.3) is 0 Å². The number of rotatable bonds is 5. The molecule has 1 aromatic carbocycles. The Morgan fingerprint density at radius 2 is 1.95 bits per heavy atom. The molecule has 0 saturated carbocycles. The van der Waals surface area contributed by atoms with Gasteiger partial charge in [-0.25, -0.2) is 0 Å². The third-order valence-corrected chi connectivity index (χ3v) is 2.96. The van der Waals surface area contributed by atoms with E-state index in [1.165, 1.54) is 0 Å². The van der Waals surface area contributed by atoms with Crippen molar-refractivity contribution in [1.29, 1.82) is 0 Å². The van der Waals surface area contributed by atoms with Gasteiger partial charge in [-0.2, -0.15) is 0 Å². The molecule has 0 radical (unpaired) electrons. The van der Waals surface area contributed by atoms with Crippen LogP contribution >= 0.6 is 0 Å². The van der Waals surface area contributed by atoms with Crippen LogP contribution in [0.1, 0.15) is 35.3 Å². The molecule has 3 heteroatoms. The first kappa shape index (κ1) is 13.3. The maximum Gasteiger partial charge on any atom is 0.197 e. The Balaban J connectivity index is 2.44. The monoisotopic (exact) mass is 255 g/mol. The molecule has 0 aliphatic carbocycles. The number of pyridine rings is 1. The summed E-state index contributed by atoms with van der Waals surface area (Å²) in [4.78, 5) is 16.7. The molecule has 2 rings (SSSR count). The van der Waals surface area contributed by atoms with E-state index in [0.29, 0.717) is 23.5 Å². The molecule has 19 heavy (non-hydrogen) atoms. The molecule has 1 aromatic heterocycles. The third kappa shape index (κ3) is 2.81. The van der Waals surface area contributed by atoms with Gasteiger partial charge < -0.3 is 4.74 Å². The van der Waals surface area contributed by atoms with Crippen molar-refractivity contribution in [3.63, 3.8) is 0 Å². The number of aryl methyl sites for hydroxylation is 1. The Bertz CT molecular complexity index is 578. The highest BCUT2D eigenvalue weighted by Crippen LogP contribution is 2.23. The summed E-state index contributed by atoms with van der Waals surface area (Å²) in [5.41, 5.74) is 2.26. The van der Waals surface area contributed by atoms with E-state index in [2.05, 4.69) is 4.98 Å². The van der Waals surface area contributed by atoms with E-state index >= 15 is 0 Å². The summed E-state index contributed by atoms with van der Waals surface area (Å²) in [7, 11) is 0. The van der Waals surface area contributed by atoms with Crippen LogP contribution in [0.5, 0.6) is 5.75 Å². The zero-order chi connectivity index (χ0) is 13.7. The zero-order valence-electron chi connectivity index (χ0n) is 11.2. The van der Waals surface area contributed by atoms with Gasteiger partial charge in [0.25, 0.3) is 0 Å². The first-order valence-electron chi connectivity index (χ1n) is 6.47. The molecule has 1 heterocycles. The van der Waals surface area contributed by atoms with Crippen molar-refractivity contribution >= 4 is 5.78 Å². The molecular weight excluding hydrogens is 238 g/mol. The maximum absolute atomic E-state index is 12.6. The highest BCUT2D eigenvalue weighted by atomic mass is 16.5. The molecule has 0 aliphatic heterocycles. The van der Waals surface area contributed by atoms with Gasteiger partial charge in [0.15, 0.2) is 5.78 Å². The SMILES string of the molecule is CCOc1ccccc1C(=O)c1ccncc1CC.